The van der Waals surface area contributed by atoms with Gasteiger partial charge in [0.15, 0.2) is 11.6 Å². The van der Waals surface area contributed by atoms with E-state index in [1.54, 1.807) is 31.2 Å². The summed E-state index contributed by atoms with van der Waals surface area (Å²) in [6, 6.07) is 7.01. The fraction of sp³-hybridized carbons (Fsp3) is 0.571. The molecule has 2 unspecified atom stereocenters. The third-order valence-electron chi connectivity index (χ3n) is 10.3. The molecule has 1 aromatic rings. The molecule has 0 saturated carbocycles. The number of allylic oxidation sites excluding steroid dienone is 10. The Morgan fingerprint density at radius 3 is 1.98 bits per heavy atom. The van der Waals surface area contributed by atoms with Gasteiger partial charge in [0.25, 0.3) is 0 Å². The largest absolute Gasteiger partial charge is 0.462 e. The van der Waals surface area contributed by atoms with E-state index in [1.807, 2.05) is 6.08 Å². The van der Waals surface area contributed by atoms with Crippen molar-refractivity contribution in [1.29, 1.82) is 0 Å². The standard InChI is InChI=1S/C49H73NO4/c1-39(2)27-24-28-40(3)29-25-30-41(4)31-26-32-43(35-36-44-42(5)47(51)45-33-20-21-34-46(45)48(44)52)49(53)54-38-23-19-17-15-13-11-9-8-10-12-14-16-18-22-37-50(6)7/h9-12,14,16,18,20-22,33-35,39-41H,8,13,15,17,19,23-32,36-38H2,1-7H3/b11-9-,12-10+,16-14+,22-18+,43-35+. The van der Waals surface area contributed by atoms with Crippen LogP contribution in [0.15, 0.2) is 95.7 Å². The molecule has 0 amide bonds. The van der Waals surface area contributed by atoms with Gasteiger partial charge in [-0.15, -0.1) is 0 Å². The molecule has 0 spiro atoms. The molecule has 298 valence electrons. The predicted octanol–water partition coefficient (Wildman–Crippen LogP) is 12.8. The van der Waals surface area contributed by atoms with Crippen molar-refractivity contribution in [2.45, 2.75) is 137 Å². The van der Waals surface area contributed by atoms with Crippen LogP contribution in [0.25, 0.3) is 0 Å². The lowest BCUT2D eigenvalue weighted by molar-refractivity contribution is -0.139. The Morgan fingerprint density at radius 2 is 1.31 bits per heavy atom. The first-order valence-corrected chi connectivity index (χ1v) is 21.0. The van der Waals surface area contributed by atoms with Gasteiger partial charge in [-0.2, -0.15) is 0 Å². The average Bonchev–Trinajstić information content (AvgIpc) is 3.14. The molecule has 0 aromatic heterocycles. The number of hydrogen-bond donors (Lipinski definition) is 0. The van der Waals surface area contributed by atoms with Gasteiger partial charge in [0.1, 0.15) is 0 Å². The zero-order valence-electron chi connectivity index (χ0n) is 35.0. The molecular weight excluding hydrogens is 667 g/mol. The number of fused-ring (bicyclic) bond motifs is 1. The van der Waals surface area contributed by atoms with E-state index < -0.39 is 0 Å². The molecule has 2 atom stereocenters. The van der Waals surface area contributed by atoms with Crippen LogP contribution >= 0.6 is 0 Å². The van der Waals surface area contributed by atoms with E-state index in [4.69, 9.17) is 4.74 Å². The first-order valence-electron chi connectivity index (χ1n) is 21.0. The number of rotatable bonds is 28. The summed E-state index contributed by atoms with van der Waals surface area (Å²) < 4.78 is 5.79. The van der Waals surface area contributed by atoms with Crippen LogP contribution in [0.2, 0.25) is 0 Å². The molecule has 0 heterocycles. The maximum atomic E-state index is 13.4. The number of unbranched alkanes of at least 4 members (excludes halogenated alkanes) is 4. The maximum Gasteiger partial charge on any atom is 0.333 e. The van der Waals surface area contributed by atoms with Crippen LogP contribution in [0, 0.1) is 17.8 Å². The lowest BCUT2D eigenvalue weighted by Gasteiger charge is -2.18. The summed E-state index contributed by atoms with van der Waals surface area (Å²) in [7, 11) is 4.12. The zero-order valence-corrected chi connectivity index (χ0v) is 35.0. The number of carbonyl (C=O) groups is 3. The Kier molecular flexibility index (Phi) is 24.1. The molecule has 5 heteroatoms. The van der Waals surface area contributed by atoms with Gasteiger partial charge in [-0.1, -0.05) is 164 Å². The molecule has 0 fully saturated rings. The summed E-state index contributed by atoms with van der Waals surface area (Å²) in [5.74, 6) is 1.64. The minimum Gasteiger partial charge on any atom is -0.462 e. The summed E-state index contributed by atoms with van der Waals surface area (Å²) in [5.41, 5.74) is 2.48. The Bertz CT molecular complexity index is 1450. The number of hydrogen-bond acceptors (Lipinski definition) is 5. The van der Waals surface area contributed by atoms with Gasteiger partial charge >= 0.3 is 5.97 Å². The van der Waals surface area contributed by atoms with Crippen LogP contribution in [0.5, 0.6) is 0 Å². The number of ether oxygens (including phenoxy) is 1. The Morgan fingerprint density at radius 1 is 0.704 bits per heavy atom. The van der Waals surface area contributed by atoms with Gasteiger partial charge in [-0.05, 0) is 83.7 Å². The van der Waals surface area contributed by atoms with E-state index in [2.05, 4.69) is 95.3 Å². The van der Waals surface area contributed by atoms with E-state index in [9.17, 15) is 14.4 Å². The molecular formula is C49H73NO4. The van der Waals surface area contributed by atoms with E-state index >= 15 is 0 Å². The molecule has 1 aliphatic carbocycles. The van der Waals surface area contributed by atoms with Crippen molar-refractivity contribution < 1.29 is 19.1 Å². The Labute approximate surface area is 329 Å². The number of likely N-dealkylation sites (N-methyl/N-ethyl adjacent to an activating group) is 1. The minimum absolute atomic E-state index is 0.111. The van der Waals surface area contributed by atoms with Crippen LogP contribution in [-0.4, -0.2) is 49.7 Å². The van der Waals surface area contributed by atoms with E-state index in [0.717, 1.165) is 69.7 Å². The molecule has 1 aromatic carbocycles. The number of benzene rings is 1. The molecule has 1 aliphatic rings. The molecule has 2 rings (SSSR count). The fourth-order valence-electron chi connectivity index (χ4n) is 6.83. The number of Topliss-reactive ketones (excluding diaryl/α,β-unsaturated/α-hetero) is 2. The van der Waals surface area contributed by atoms with Crippen molar-refractivity contribution in [3.8, 4) is 0 Å². The highest BCUT2D eigenvalue weighted by Crippen LogP contribution is 2.29. The number of ketones is 2. The molecule has 5 nitrogen and oxygen atoms in total. The van der Waals surface area contributed by atoms with Crippen LogP contribution in [-0.2, 0) is 9.53 Å². The third kappa shape index (κ3) is 19.7. The predicted molar refractivity (Wildman–Crippen MR) is 229 cm³/mol. The molecule has 0 radical (unpaired) electrons. The van der Waals surface area contributed by atoms with Gasteiger partial charge in [-0.25, -0.2) is 4.79 Å². The monoisotopic (exact) mass is 740 g/mol. The van der Waals surface area contributed by atoms with Gasteiger partial charge in [0.2, 0.25) is 0 Å². The summed E-state index contributed by atoms with van der Waals surface area (Å²) >= 11 is 0. The molecule has 0 saturated heterocycles. The van der Waals surface area contributed by atoms with Gasteiger partial charge in [0, 0.05) is 34.4 Å². The molecule has 54 heavy (non-hydrogen) atoms. The van der Waals surface area contributed by atoms with Gasteiger partial charge in [0.05, 0.1) is 6.61 Å². The van der Waals surface area contributed by atoms with Crippen molar-refractivity contribution >= 4 is 17.5 Å². The van der Waals surface area contributed by atoms with Crippen molar-refractivity contribution in [2.24, 2.45) is 17.8 Å². The third-order valence-corrected chi connectivity index (χ3v) is 10.3. The van der Waals surface area contributed by atoms with E-state index in [0.29, 0.717) is 46.8 Å². The number of esters is 1. The second-order valence-corrected chi connectivity index (χ2v) is 16.1. The van der Waals surface area contributed by atoms with Crippen molar-refractivity contribution in [1.82, 2.24) is 4.90 Å². The minimum atomic E-state index is -0.290. The SMILES string of the molecule is CC1=C(C/C=C(\CCCC(C)CCCC(C)CCCC(C)C)C(=O)OCCCCCC/C=C\C/C=C/C=C/C=C/CN(C)C)C(=O)c2ccccc2C1=O. The summed E-state index contributed by atoms with van der Waals surface area (Å²) in [5, 5.41) is 0. The van der Waals surface area contributed by atoms with Crippen LogP contribution in [0.1, 0.15) is 158 Å². The summed E-state index contributed by atoms with van der Waals surface area (Å²) in [4.78, 5) is 42.0. The van der Waals surface area contributed by atoms with Gasteiger partial charge in [-0.3, -0.25) is 9.59 Å². The smallest absolute Gasteiger partial charge is 0.333 e. The highest BCUT2D eigenvalue weighted by molar-refractivity contribution is 6.26. The second kappa shape index (κ2) is 27.9. The van der Waals surface area contributed by atoms with Crippen LogP contribution in [0.3, 0.4) is 0 Å². The lowest BCUT2D eigenvalue weighted by Crippen LogP contribution is -2.20. The first-order chi connectivity index (χ1) is 26.0. The zero-order chi connectivity index (χ0) is 39.6. The Balaban J connectivity index is 1.82. The fourth-order valence-corrected chi connectivity index (χ4v) is 6.83. The highest BCUT2D eigenvalue weighted by atomic mass is 16.5. The molecule has 0 bridgehead atoms. The second-order valence-electron chi connectivity index (χ2n) is 16.1. The number of carbonyl (C=O) groups excluding carboxylic acids is 3. The number of nitrogens with zero attached hydrogens (tertiary/aromatic N) is 1. The first kappa shape index (κ1) is 46.6. The molecule has 0 N–H and O–H groups in total. The summed E-state index contributed by atoms with van der Waals surface area (Å²) in [6.07, 6.45) is 35.5. The Hall–Kier alpha value is -3.57. The quantitative estimate of drug-likeness (QED) is 0.0281. The summed E-state index contributed by atoms with van der Waals surface area (Å²) in [6.45, 7) is 12.4. The van der Waals surface area contributed by atoms with Crippen molar-refractivity contribution in [2.75, 3.05) is 27.2 Å². The normalized spacial score (nSPS) is 15.2. The van der Waals surface area contributed by atoms with Crippen molar-refractivity contribution in [3.63, 3.8) is 0 Å². The highest BCUT2D eigenvalue weighted by Gasteiger charge is 2.29. The maximum absolute atomic E-state index is 13.4. The van der Waals surface area contributed by atoms with Crippen molar-refractivity contribution in [3.05, 3.63) is 107 Å². The van der Waals surface area contributed by atoms with E-state index in [-0.39, 0.29) is 24.0 Å². The van der Waals surface area contributed by atoms with Crippen LogP contribution in [0.4, 0.5) is 0 Å². The average molecular weight is 740 g/mol. The van der Waals surface area contributed by atoms with Gasteiger partial charge < -0.3 is 9.64 Å². The van der Waals surface area contributed by atoms with E-state index in [1.165, 1.54) is 38.5 Å². The molecule has 0 aliphatic heterocycles. The van der Waals surface area contributed by atoms with Crippen LogP contribution < -0.4 is 0 Å². The topological polar surface area (TPSA) is 63.7 Å². The lowest BCUT2D eigenvalue weighted by atomic mass is 9.83.